The second-order valence-electron chi connectivity index (χ2n) is 6.15. The summed E-state index contributed by atoms with van der Waals surface area (Å²) >= 11 is 3.46. The van der Waals surface area contributed by atoms with Crippen LogP contribution in [0.15, 0.2) is 41.0 Å². The number of hydrogen-bond donors (Lipinski definition) is 1. The fourth-order valence-corrected chi connectivity index (χ4v) is 3.61. The molecule has 1 amide bonds. The van der Waals surface area contributed by atoms with Crippen LogP contribution in [0.1, 0.15) is 40.5 Å². The molecule has 1 aromatic carbocycles. The number of rotatable bonds is 2. The summed E-state index contributed by atoms with van der Waals surface area (Å²) in [6.07, 6.45) is 3.64. The van der Waals surface area contributed by atoms with Crippen LogP contribution in [0.5, 0.6) is 0 Å². The minimum atomic E-state index is 0.0374. The molecule has 1 atom stereocenters. The number of aromatic amines is 1. The van der Waals surface area contributed by atoms with Crippen molar-refractivity contribution in [2.45, 2.75) is 25.8 Å². The lowest BCUT2D eigenvalue weighted by atomic mass is 10.0. The molecule has 1 N–H and O–H groups in total. The van der Waals surface area contributed by atoms with E-state index in [1.165, 1.54) is 5.56 Å². The van der Waals surface area contributed by atoms with E-state index in [2.05, 4.69) is 43.2 Å². The number of fused-ring (bicyclic) bond motifs is 1. The number of carbonyl (C=O) groups excluding carboxylic acids is 1. The molecule has 5 nitrogen and oxygen atoms in total. The van der Waals surface area contributed by atoms with E-state index in [1.54, 1.807) is 6.20 Å². The van der Waals surface area contributed by atoms with E-state index in [4.69, 9.17) is 0 Å². The first kappa shape index (κ1) is 15.3. The van der Waals surface area contributed by atoms with Crippen molar-refractivity contribution in [3.63, 3.8) is 0 Å². The van der Waals surface area contributed by atoms with Crippen molar-refractivity contribution in [3.8, 4) is 0 Å². The number of H-pyrrole nitrogens is 1. The normalized spacial score (nSPS) is 17.6. The zero-order valence-electron chi connectivity index (χ0n) is 13.3. The van der Waals surface area contributed by atoms with Crippen molar-refractivity contribution < 1.29 is 4.79 Å². The average molecular weight is 385 g/mol. The number of aromatic nitrogens is 3. The largest absolute Gasteiger partial charge is 0.332 e. The molecule has 6 heteroatoms. The Bertz CT molecular complexity index is 903. The SMILES string of the molecule is Cc1[nH]nc2ncc(C(=O)N3CCCC3c3ccc(Br)cc3)cc12. The summed E-state index contributed by atoms with van der Waals surface area (Å²) in [4.78, 5) is 19.3. The van der Waals surface area contributed by atoms with Crippen LogP contribution < -0.4 is 0 Å². The van der Waals surface area contributed by atoms with E-state index < -0.39 is 0 Å². The molecule has 1 fully saturated rings. The monoisotopic (exact) mass is 384 g/mol. The van der Waals surface area contributed by atoms with E-state index in [-0.39, 0.29) is 11.9 Å². The van der Waals surface area contributed by atoms with Crippen molar-refractivity contribution in [1.29, 1.82) is 0 Å². The lowest BCUT2D eigenvalue weighted by molar-refractivity contribution is 0.0735. The Labute approximate surface area is 148 Å². The highest BCUT2D eigenvalue weighted by molar-refractivity contribution is 9.10. The Morgan fingerprint density at radius 2 is 2.12 bits per heavy atom. The molecule has 0 saturated carbocycles. The fourth-order valence-electron chi connectivity index (χ4n) is 3.34. The number of nitrogens with one attached hydrogen (secondary N) is 1. The lowest BCUT2D eigenvalue weighted by Crippen LogP contribution is -2.30. The van der Waals surface area contributed by atoms with Crippen LogP contribution >= 0.6 is 15.9 Å². The third-order valence-electron chi connectivity index (χ3n) is 4.62. The third-order valence-corrected chi connectivity index (χ3v) is 5.14. The van der Waals surface area contributed by atoms with Crippen molar-refractivity contribution in [2.24, 2.45) is 0 Å². The number of pyridine rings is 1. The summed E-state index contributed by atoms with van der Waals surface area (Å²) in [5.41, 5.74) is 3.38. The number of benzene rings is 1. The molecule has 1 aliphatic heterocycles. The van der Waals surface area contributed by atoms with Gasteiger partial charge in [-0.15, -0.1) is 0 Å². The number of likely N-dealkylation sites (tertiary alicyclic amines) is 1. The molecule has 3 heterocycles. The maximum atomic E-state index is 13.0. The van der Waals surface area contributed by atoms with Gasteiger partial charge in [0.25, 0.3) is 5.91 Å². The van der Waals surface area contributed by atoms with Gasteiger partial charge in [-0.1, -0.05) is 28.1 Å². The first-order chi connectivity index (χ1) is 11.6. The Kier molecular flexibility index (Phi) is 3.84. The van der Waals surface area contributed by atoms with E-state index in [1.807, 2.05) is 30.0 Å². The molecule has 4 rings (SSSR count). The molecule has 0 bridgehead atoms. The zero-order chi connectivity index (χ0) is 16.7. The second-order valence-corrected chi connectivity index (χ2v) is 7.07. The molecule has 1 saturated heterocycles. The van der Waals surface area contributed by atoms with Crippen molar-refractivity contribution in [3.05, 3.63) is 57.8 Å². The van der Waals surface area contributed by atoms with Crippen molar-refractivity contribution in [1.82, 2.24) is 20.1 Å². The number of hydrogen-bond acceptors (Lipinski definition) is 3. The highest BCUT2D eigenvalue weighted by Gasteiger charge is 2.30. The standard InChI is InChI=1S/C18H17BrN4O/c1-11-15-9-13(10-20-17(15)22-21-11)18(24)23-8-2-3-16(23)12-4-6-14(19)7-5-12/h4-7,9-10,16H,2-3,8H2,1H3,(H,20,21,22). The topological polar surface area (TPSA) is 61.9 Å². The predicted octanol–water partition coefficient (Wildman–Crippen LogP) is 4.01. The molecular weight excluding hydrogens is 368 g/mol. The number of nitrogens with zero attached hydrogens (tertiary/aromatic N) is 3. The van der Waals surface area contributed by atoms with Gasteiger partial charge in [0.15, 0.2) is 5.65 Å². The van der Waals surface area contributed by atoms with Crippen molar-refractivity contribution >= 4 is 32.9 Å². The molecule has 0 spiro atoms. The van der Waals surface area contributed by atoms with Gasteiger partial charge in [-0.25, -0.2) is 4.98 Å². The minimum absolute atomic E-state index is 0.0374. The van der Waals surface area contributed by atoms with Gasteiger partial charge in [0.2, 0.25) is 0 Å². The zero-order valence-corrected chi connectivity index (χ0v) is 14.9. The van der Waals surface area contributed by atoms with Crippen LogP contribution in [0.3, 0.4) is 0 Å². The van der Waals surface area contributed by atoms with Crippen LogP contribution in [0.2, 0.25) is 0 Å². The summed E-state index contributed by atoms with van der Waals surface area (Å²) in [6.45, 7) is 2.72. The quantitative estimate of drug-likeness (QED) is 0.725. The van der Waals surface area contributed by atoms with Gasteiger partial charge in [0, 0.05) is 28.3 Å². The van der Waals surface area contributed by atoms with Crippen LogP contribution in [0, 0.1) is 6.92 Å². The maximum absolute atomic E-state index is 13.0. The summed E-state index contributed by atoms with van der Waals surface area (Å²) in [5.74, 6) is 0.0374. The highest BCUT2D eigenvalue weighted by Crippen LogP contribution is 2.33. The molecule has 1 aliphatic rings. The Hall–Kier alpha value is -2.21. The molecule has 2 aromatic heterocycles. The average Bonchev–Trinajstić information content (AvgIpc) is 3.22. The number of amides is 1. The Balaban J connectivity index is 1.66. The van der Waals surface area contributed by atoms with Gasteiger partial charge in [-0.2, -0.15) is 5.10 Å². The molecule has 24 heavy (non-hydrogen) atoms. The second kappa shape index (κ2) is 6.02. The van der Waals surface area contributed by atoms with E-state index in [0.717, 1.165) is 34.9 Å². The van der Waals surface area contributed by atoms with E-state index >= 15 is 0 Å². The molecule has 0 aliphatic carbocycles. The van der Waals surface area contributed by atoms with Crippen LogP contribution in [-0.2, 0) is 0 Å². The third kappa shape index (κ3) is 2.60. The summed E-state index contributed by atoms with van der Waals surface area (Å²) in [7, 11) is 0. The Morgan fingerprint density at radius 1 is 1.33 bits per heavy atom. The lowest BCUT2D eigenvalue weighted by Gasteiger charge is -2.25. The van der Waals surface area contributed by atoms with E-state index in [9.17, 15) is 4.79 Å². The van der Waals surface area contributed by atoms with E-state index in [0.29, 0.717) is 11.2 Å². The molecule has 3 aromatic rings. The van der Waals surface area contributed by atoms with Crippen LogP contribution in [0.25, 0.3) is 11.0 Å². The van der Waals surface area contributed by atoms with Gasteiger partial charge in [-0.05, 0) is 43.5 Å². The first-order valence-electron chi connectivity index (χ1n) is 8.00. The first-order valence-corrected chi connectivity index (χ1v) is 8.80. The maximum Gasteiger partial charge on any atom is 0.255 e. The summed E-state index contributed by atoms with van der Waals surface area (Å²) in [5, 5.41) is 7.93. The predicted molar refractivity (Wildman–Crippen MR) is 95.8 cm³/mol. The molecule has 0 radical (unpaired) electrons. The van der Waals surface area contributed by atoms with Crippen molar-refractivity contribution in [2.75, 3.05) is 6.54 Å². The molecule has 122 valence electrons. The summed E-state index contributed by atoms with van der Waals surface area (Å²) in [6, 6.07) is 10.2. The number of carbonyl (C=O) groups is 1. The van der Waals surface area contributed by atoms with Gasteiger partial charge in [0.1, 0.15) is 0 Å². The molecule has 1 unspecified atom stereocenters. The Morgan fingerprint density at radius 3 is 2.92 bits per heavy atom. The van der Waals surface area contributed by atoms with Crippen LogP contribution in [-0.4, -0.2) is 32.5 Å². The number of aryl methyl sites for hydroxylation is 1. The molecular formula is C18H17BrN4O. The summed E-state index contributed by atoms with van der Waals surface area (Å²) < 4.78 is 1.05. The van der Waals surface area contributed by atoms with Gasteiger partial charge >= 0.3 is 0 Å². The highest BCUT2D eigenvalue weighted by atomic mass is 79.9. The fraction of sp³-hybridized carbons (Fsp3) is 0.278. The number of halogens is 1. The van der Waals surface area contributed by atoms with Crippen LogP contribution in [0.4, 0.5) is 0 Å². The van der Waals surface area contributed by atoms with Gasteiger partial charge < -0.3 is 4.90 Å². The van der Waals surface area contributed by atoms with Gasteiger partial charge in [-0.3, -0.25) is 9.89 Å². The van der Waals surface area contributed by atoms with Gasteiger partial charge in [0.05, 0.1) is 11.6 Å². The smallest absolute Gasteiger partial charge is 0.255 e. The minimum Gasteiger partial charge on any atom is -0.332 e.